The fourth-order valence-electron chi connectivity index (χ4n) is 2.68. The smallest absolute Gasteiger partial charge is 0.215 e. The molecule has 6 heteroatoms. The van der Waals surface area contributed by atoms with Gasteiger partial charge in [-0.2, -0.15) is 0 Å². The average Bonchev–Trinajstić information content (AvgIpc) is 2.93. The zero-order chi connectivity index (χ0) is 14.7. The summed E-state index contributed by atoms with van der Waals surface area (Å²) in [6, 6.07) is 9.25. The number of nitrogens with one attached hydrogen (secondary N) is 1. The van der Waals surface area contributed by atoms with Crippen molar-refractivity contribution in [1.82, 2.24) is 14.3 Å². The van der Waals surface area contributed by atoms with Crippen LogP contribution < -0.4 is 4.72 Å². The van der Waals surface area contributed by atoms with Crippen LogP contribution in [-0.4, -0.2) is 24.5 Å². The molecule has 2 heterocycles. The Balaban J connectivity index is 1.55. The summed E-state index contributed by atoms with van der Waals surface area (Å²) in [6.07, 6.45) is 5.60. The molecule has 1 aromatic carbocycles. The molecule has 1 aliphatic rings. The predicted molar refractivity (Wildman–Crippen MR) is 81.1 cm³/mol. The van der Waals surface area contributed by atoms with Crippen molar-refractivity contribution in [2.75, 3.05) is 6.54 Å². The van der Waals surface area contributed by atoms with Crippen LogP contribution >= 0.6 is 0 Å². The second kappa shape index (κ2) is 5.99. The summed E-state index contributed by atoms with van der Waals surface area (Å²) in [6.45, 7) is 1.41. The number of aromatic nitrogens is 2. The largest absolute Gasteiger partial charge is 0.335 e. The lowest BCUT2D eigenvalue weighted by Crippen LogP contribution is -2.33. The molecule has 1 atom stereocenters. The molecular formula is C15H19N3O2S. The summed E-state index contributed by atoms with van der Waals surface area (Å²) < 4.78 is 29.1. The molecule has 0 spiro atoms. The standard InChI is InChI=1S/C15H19N3O2S/c19-21(20,12-13-4-2-1-3-5-13)17-11-14-6-8-18-9-7-16-15(18)10-14/h1-5,7,9,14,17H,6,8,10-12H2/t14-/m1/s1. The highest BCUT2D eigenvalue weighted by atomic mass is 32.2. The number of aryl methyl sites for hydroxylation is 1. The summed E-state index contributed by atoms with van der Waals surface area (Å²) in [5.74, 6) is 1.41. The Morgan fingerprint density at radius 1 is 1.29 bits per heavy atom. The van der Waals surface area contributed by atoms with Crippen molar-refractivity contribution in [2.45, 2.75) is 25.1 Å². The molecule has 2 aromatic rings. The van der Waals surface area contributed by atoms with Gasteiger partial charge < -0.3 is 4.57 Å². The van der Waals surface area contributed by atoms with Gasteiger partial charge in [0.25, 0.3) is 0 Å². The second-order valence-corrected chi connectivity index (χ2v) is 7.30. The van der Waals surface area contributed by atoms with Gasteiger partial charge in [-0.25, -0.2) is 18.1 Å². The predicted octanol–water partition coefficient (Wildman–Crippen LogP) is 1.57. The third kappa shape index (κ3) is 3.71. The molecule has 21 heavy (non-hydrogen) atoms. The Kier molecular flexibility index (Phi) is 4.07. The molecule has 0 radical (unpaired) electrons. The van der Waals surface area contributed by atoms with E-state index < -0.39 is 10.0 Å². The van der Waals surface area contributed by atoms with Gasteiger partial charge in [0.15, 0.2) is 0 Å². The molecule has 0 aliphatic carbocycles. The van der Waals surface area contributed by atoms with Crippen LogP contribution in [0.4, 0.5) is 0 Å². The van der Waals surface area contributed by atoms with Crippen molar-refractivity contribution >= 4 is 10.0 Å². The van der Waals surface area contributed by atoms with Gasteiger partial charge in [0, 0.05) is 31.9 Å². The molecular weight excluding hydrogens is 286 g/mol. The van der Waals surface area contributed by atoms with E-state index in [0.717, 1.165) is 30.8 Å². The summed E-state index contributed by atoms with van der Waals surface area (Å²) in [5.41, 5.74) is 0.809. The zero-order valence-corrected chi connectivity index (χ0v) is 12.6. The van der Waals surface area contributed by atoms with E-state index in [2.05, 4.69) is 14.3 Å². The maximum atomic E-state index is 12.1. The molecule has 0 amide bonds. The van der Waals surface area contributed by atoms with E-state index in [4.69, 9.17) is 0 Å². The first kappa shape index (κ1) is 14.3. The number of sulfonamides is 1. The average molecular weight is 305 g/mol. The van der Waals surface area contributed by atoms with Crippen molar-refractivity contribution in [3.05, 3.63) is 54.1 Å². The monoisotopic (exact) mass is 305 g/mol. The highest BCUT2D eigenvalue weighted by molar-refractivity contribution is 7.88. The van der Waals surface area contributed by atoms with Crippen LogP contribution in [0, 0.1) is 5.92 Å². The van der Waals surface area contributed by atoms with Crippen LogP contribution in [0.15, 0.2) is 42.7 Å². The molecule has 1 N–H and O–H groups in total. The van der Waals surface area contributed by atoms with Crippen LogP contribution in [0.25, 0.3) is 0 Å². The van der Waals surface area contributed by atoms with Gasteiger partial charge in [-0.05, 0) is 17.9 Å². The van der Waals surface area contributed by atoms with Crippen LogP contribution in [-0.2, 0) is 28.7 Å². The molecule has 3 rings (SSSR count). The maximum absolute atomic E-state index is 12.1. The first-order chi connectivity index (χ1) is 10.1. The Morgan fingerprint density at radius 3 is 2.90 bits per heavy atom. The third-order valence-corrected chi connectivity index (χ3v) is 5.16. The minimum absolute atomic E-state index is 0.0369. The maximum Gasteiger partial charge on any atom is 0.215 e. The van der Waals surface area contributed by atoms with Gasteiger partial charge in [0.2, 0.25) is 10.0 Å². The SMILES string of the molecule is O=S(=O)(Cc1ccccc1)NC[C@@H]1CCn2ccnc2C1. The summed E-state index contributed by atoms with van der Waals surface area (Å²) in [4.78, 5) is 4.30. The van der Waals surface area contributed by atoms with E-state index in [-0.39, 0.29) is 5.75 Å². The van der Waals surface area contributed by atoms with Crippen LogP contribution in [0.2, 0.25) is 0 Å². The Morgan fingerprint density at radius 2 is 2.10 bits per heavy atom. The van der Waals surface area contributed by atoms with Crippen LogP contribution in [0.3, 0.4) is 0 Å². The first-order valence-corrected chi connectivity index (χ1v) is 8.79. The van der Waals surface area contributed by atoms with Gasteiger partial charge >= 0.3 is 0 Å². The third-order valence-electron chi connectivity index (χ3n) is 3.84. The van der Waals surface area contributed by atoms with E-state index >= 15 is 0 Å². The Hall–Kier alpha value is -1.66. The topological polar surface area (TPSA) is 64.0 Å². The molecule has 0 unspecified atom stereocenters. The number of hydrogen-bond acceptors (Lipinski definition) is 3. The number of fused-ring (bicyclic) bond motifs is 1. The summed E-state index contributed by atoms with van der Waals surface area (Å²) in [5, 5.41) is 0. The molecule has 0 fully saturated rings. The van der Waals surface area contributed by atoms with E-state index in [1.54, 1.807) is 6.20 Å². The molecule has 0 bridgehead atoms. The van der Waals surface area contributed by atoms with Crippen molar-refractivity contribution in [1.29, 1.82) is 0 Å². The number of imidazole rings is 1. The second-order valence-electron chi connectivity index (χ2n) is 5.49. The van der Waals surface area contributed by atoms with Crippen molar-refractivity contribution in [3.63, 3.8) is 0 Å². The van der Waals surface area contributed by atoms with E-state index in [1.165, 1.54) is 0 Å². The minimum Gasteiger partial charge on any atom is -0.335 e. The Bertz CT molecular complexity index is 695. The van der Waals surface area contributed by atoms with Gasteiger partial charge in [0.05, 0.1) is 5.75 Å². The van der Waals surface area contributed by atoms with Crippen LogP contribution in [0.1, 0.15) is 17.8 Å². The number of hydrogen-bond donors (Lipinski definition) is 1. The van der Waals surface area contributed by atoms with E-state index in [9.17, 15) is 8.42 Å². The normalized spacial score (nSPS) is 18.4. The molecule has 1 aromatic heterocycles. The molecule has 5 nitrogen and oxygen atoms in total. The number of rotatable bonds is 5. The lowest BCUT2D eigenvalue weighted by atomic mass is 9.98. The molecule has 0 saturated heterocycles. The number of nitrogens with zero attached hydrogens (tertiary/aromatic N) is 2. The number of benzene rings is 1. The summed E-state index contributed by atoms with van der Waals surface area (Å²) in [7, 11) is -3.28. The summed E-state index contributed by atoms with van der Waals surface area (Å²) >= 11 is 0. The van der Waals surface area contributed by atoms with Crippen LogP contribution in [0.5, 0.6) is 0 Å². The van der Waals surface area contributed by atoms with E-state index in [0.29, 0.717) is 12.5 Å². The van der Waals surface area contributed by atoms with Crippen molar-refractivity contribution < 1.29 is 8.42 Å². The molecule has 0 saturated carbocycles. The zero-order valence-electron chi connectivity index (χ0n) is 11.8. The quantitative estimate of drug-likeness (QED) is 0.912. The lowest BCUT2D eigenvalue weighted by Gasteiger charge is -2.23. The fraction of sp³-hybridized carbons (Fsp3) is 0.400. The van der Waals surface area contributed by atoms with Gasteiger partial charge in [-0.3, -0.25) is 0 Å². The van der Waals surface area contributed by atoms with Crippen molar-refractivity contribution in [2.24, 2.45) is 5.92 Å². The minimum atomic E-state index is -3.28. The Labute approximate surface area is 125 Å². The van der Waals surface area contributed by atoms with Crippen molar-refractivity contribution in [3.8, 4) is 0 Å². The molecule has 112 valence electrons. The van der Waals surface area contributed by atoms with Gasteiger partial charge in [0.1, 0.15) is 5.82 Å². The first-order valence-electron chi connectivity index (χ1n) is 7.14. The van der Waals surface area contributed by atoms with E-state index in [1.807, 2.05) is 36.5 Å². The highest BCUT2D eigenvalue weighted by Gasteiger charge is 2.21. The lowest BCUT2D eigenvalue weighted by molar-refractivity contribution is 0.379. The molecule has 1 aliphatic heterocycles. The highest BCUT2D eigenvalue weighted by Crippen LogP contribution is 2.18. The van der Waals surface area contributed by atoms with Gasteiger partial charge in [-0.15, -0.1) is 0 Å². The fourth-order valence-corrected chi connectivity index (χ4v) is 3.90. The van der Waals surface area contributed by atoms with Gasteiger partial charge in [-0.1, -0.05) is 30.3 Å².